The summed E-state index contributed by atoms with van der Waals surface area (Å²) in [5.41, 5.74) is 2.16. The monoisotopic (exact) mass is 298 g/mol. The highest BCUT2D eigenvalue weighted by molar-refractivity contribution is 5.90. The van der Waals surface area contributed by atoms with Crippen LogP contribution in [0.2, 0.25) is 0 Å². The van der Waals surface area contributed by atoms with Gasteiger partial charge in [0.05, 0.1) is 23.6 Å². The summed E-state index contributed by atoms with van der Waals surface area (Å²) < 4.78 is 6.73. The molecule has 0 aliphatic carbocycles. The number of benzene rings is 1. The number of ether oxygens (including phenoxy) is 1. The van der Waals surface area contributed by atoms with E-state index in [1.54, 1.807) is 22.9 Å². The van der Waals surface area contributed by atoms with E-state index in [2.05, 4.69) is 10.3 Å². The molecular formula is C16H18N4O2. The van der Waals surface area contributed by atoms with Crippen LogP contribution in [0.4, 0.5) is 0 Å². The quantitative estimate of drug-likeness (QED) is 0.793. The maximum atomic E-state index is 11.9. The van der Waals surface area contributed by atoms with Crippen molar-refractivity contribution in [1.82, 2.24) is 15.0 Å². The standard InChI is InChI=1S/C16H18N4O2/c1-4-8-22-16(21)12-6-5-7-13(9-12)20-15(11(2)3)14(10-17)18-19-20/h5-7,9,11H,4,8H2,1-3H3. The van der Waals surface area contributed by atoms with Crippen LogP contribution in [0, 0.1) is 11.3 Å². The first-order valence-electron chi connectivity index (χ1n) is 7.21. The van der Waals surface area contributed by atoms with E-state index < -0.39 is 0 Å². The van der Waals surface area contributed by atoms with E-state index in [1.807, 2.05) is 32.9 Å². The number of carbonyl (C=O) groups excluding carboxylic acids is 1. The van der Waals surface area contributed by atoms with Gasteiger partial charge in [-0.2, -0.15) is 5.26 Å². The first kappa shape index (κ1) is 15.7. The number of nitrogens with zero attached hydrogens (tertiary/aromatic N) is 4. The number of rotatable bonds is 5. The highest BCUT2D eigenvalue weighted by Gasteiger charge is 2.18. The van der Waals surface area contributed by atoms with Crippen molar-refractivity contribution in [2.45, 2.75) is 33.1 Å². The molecule has 6 nitrogen and oxygen atoms in total. The SMILES string of the molecule is CCCOC(=O)c1cccc(-n2nnc(C#N)c2C(C)C)c1. The highest BCUT2D eigenvalue weighted by atomic mass is 16.5. The zero-order valence-electron chi connectivity index (χ0n) is 12.9. The molecule has 1 heterocycles. The predicted molar refractivity (Wildman–Crippen MR) is 80.7 cm³/mol. The summed E-state index contributed by atoms with van der Waals surface area (Å²) in [5, 5.41) is 17.1. The molecule has 0 radical (unpaired) electrons. The maximum Gasteiger partial charge on any atom is 0.338 e. The number of aromatic nitrogens is 3. The smallest absolute Gasteiger partial charge is 0.338 e. The van der Waals surface area contributed by atoms with Crippen molar-refractivity contribution >= 4 is 5.97 Å². The van der Waals surface area contributed by atoms with Crippen LogP contribution in [-0.4, -0.2) is 27.6 Å². The zero-order chi connectivity index (χ0) is 16.1. The molecule has 0 unspecified atom stereocenters. The van der Waals surface area contributed by atoms with E-state index in [9.17, 15) is 4.79 Å². The van der Waals surface area contributed by atoms with Crippen LogP contribution >= 0.6 is 0 Å². The molecule has 114 valence electrons. The fourth-order valence-corrected chi connectivity index (χ4v) is 2.12. The average Bonchev–Trinajstić information content (AvgIpc) is 2.97. The lowest BCUT2D eigenvalue weighted by Gasteiger charge is -2.10. The van der Waals surface area contributed by atoms with Crippen LogP contribution in [0.5, 0.6) is 0 Å². The van der Waals surface area contributed by atoms with Crippen LogP contribution in [0.25, 0.3) is 5.69 Å². The number of carbonyl (C=O) groups is 1. The van der Waals surface area contributed by atoms with Gasteiger partial charge in [-0.3, -0.25) is 0 Å². The van der Waals surface area contributed by atoms with Crippen LogP contribution < -0.4 is 0 Å². The fourth-order valence-electron chi connectivity index (χ4n) is 2.12. The number of esters is 1. The Kier molecular flexibility index (Phi) is 4.89. The summed E-state index contributed by atoms with van der Waals surface area (Å²) >= 11 is 0. The maximum absolute atomic E-state index is 11.9. The van der Waals surface area contributed by atoms with Gasteiger partial charge in [0.15, 0.2) is 5.69 Å². The molecule has 2 aromatic rings. The van der Waals surface area contributed by atoms with Crippen molar-refractivity contribution in [3.8, 4) is 11.8 Å². The molecule has 0 N–H and O–H groups in total. The van der Waals surface area contributed by atoms with Crippen molar-refractivity contribution in [3.63, 3.8) is 0 Å². The Morgan fingerprint density at radius 2 is 2.23 bits per heavy atom. The Hall–Kier alpha value is -2.68. The van der Waals surface area contributed by atoms with E-state index in [4.69, 9.17) is 10.00 Å². The van der Waals surface area contributed by atoms with Gasteiger partial charge in [0.1, 0.15) is 6.07 Å². The normalized spacial score (nSPS) is 10.5. The molecule has 0 atom stereocenters. The van der Waals surface area contributed by atoms with E-state index in [0.717, 1.165) is 12.1 Å². The molecule has 0 aliphatic heterocycles. The predicted octanol–water partition coefficient (Wildman–Crippen LogP) is 2.83. The molecule has 2 rings (SSSR count). The summed E-state index contributed by atoms with van der Waals surface area (Å²) in [6.45, 7) is 6.27. The summed E-state index contributed by atoms with van der Waals surface area (Å²) in [7, 11) is 0. The van der Waals surface area contributed by atoms with Crippen molar-refractivity contribution in [1.29, 1.82) is 5.26 Å². The molecule has 0 spiro atoms. The molecule has 22 heavy (non-hydrogen) atoms. The van der Waals surface area contributed by atoms with Gasteiger partial charge in [-0.05, 0) is 30.5 Å². The van der Waals surface area contributed by atoms with Crippen LogP contribution in [0.1, 0.15) is 54.9 Å². The van der Waals surface area contributed by atoms with Crippen LogP contribution in [0.15, 0.2) is 24.3 Å². The third kappa shape index (κ3) is 3.14. The van der Waals surface area contributed by atoms with Crippen LogP contribution in [0.3, 0.4) is 0 Å². The van der Waals surface area contributed by atoms with E-state index in [1.165, 1.54) is 0 Å². The van der Waals surface area contributed by atoms with Gasteiger partial charge in [-0.1, -0.05) is 32.1 Å². The molecule has 1 aromatic heterocycles. The van der Waals surface area contributed by atoms with Crippen LogP contribution in [-0.2, 0) is 4.74 Å². The molecule has 1 aromatic carbocycles. The van der Waals surface area contributed by atoms with Crippen molar-refractivity contribution in [3.05, 3.63) is 41.2 Å². The second-order valence-electron chi connectivity index (χ2n) is 5.19. The number of hydrogen-bond donors (Lipinski definition) is 0. The topological polar surface area (TPSA) is 80.8 Å². The molecule has 0 saturated heterocycles. The summed E-state index contributed by atoms with van der Waals surface area (Å²) in [5.74, 6) is -0.282. The van der Waals surface area contributed by atoms with Gasteiger partial charge in [0.2, 0.25) is 0 Å². The van der Waals surface area contributed by atoms with Crippen molar-refractivity contribution in [2.75, 3.05) is 6.61 Å². The fraction of sp³-hybridized carbons (Fsp3) is 0.375. The van der Waals surface area contributed by atoms with Crippen molar-refractivity contribution in [2.24, 2.45) is 0 Å². The largest absolute Gasteiger partial charge is 0.462 e. The Bertz CT molecular complexity index is 713. The second-order valence-corrected chi connectivity index (χ2v) is 5.19. The summed E-state index contributed by atoms with van der Waals surface area (Å²) in [4.78, 5) is 11.9. The van der Waals surface area contributed by atoms with E-state index in [0.29, 0.717) is 23.6 Å². The Labute approximate surface area is 129 Å². The Morgan fingerprint density at radius 1 is 1.45 bits per heavy atom. The molecule has 0 saturated carbocycles. The molecule has 0 amide bonds. The molecule has 6 heteroatoms. The number of hydrogen-bond acceptors (Lipinski definition) is 5. The highest BCUT2D eigenvalue weighted by Crippen LogP contribution is 2.21. The van der Waals surface area contributed by atoms with E-state index >= 15 is 0 Å². The number of nitriles is 1. The van der Waals surface area contributed by atoms with E-state index in [-0.39, 0.29) is 11.9 Å². The third-order valence-electron chi connectivity index (χ3n) is 3.12. The average molecular weight is 298 g/mol. The Balaban J connectivity index is 2.41. The summed E-state index contributed by atoms with van der Waals surface area (Å²) in [6, 6.07) is 9.01. The molecule has 0 aliphatic rings. The lowest BCUT2D eigenvalue weighted by atomic mass is 10.1. The van der Waals surface area contributed by atoms with Gasteiger partial charge in [0, 0.05) is 0 Å². The second kappa shape index (κ2) is 6.85. The minimum atomic E-state index is -0.365. The Morgan fingerprint density at radius 3 is 2.86 bits per heavy atom. The first-order valence-corrected chi connectivity index (χ1v) is 7.21. The van der Waals surface area contributed by atoms with Gasteiger partial charge >= 0.3 is 5.97 Å². The minimum absolute atomic E-state index is 0.0837. The van der Waals surface area contributed by atoms with Gasteiger partial charge < -0.3 is 4.74 Å². The van der Waals surface area contributed by atoms with Gasteiger partial charge in [0.25, 0.3) is 0 Å². The minimum Gasteiger partial charge on any atom is -0.462 e. The van der Waals surface area contributed by atoms with Gasteiger partial charge in [-0.15, -0.1) is 5.10 Å². The molecule has 0 fully saturated rings. The lowest BCUT2D eigenvalue weighted by molar-refractivity contribution is 0.0505. The van der Waals surface area contributed by atoms with Crippen molar-refractivity contribution < 1.29 is 9.53 Å². The summed E-state index contributed by atoms with van der Waals surface area (Å²) in [6.07, 6.45) is 0.775. The molecule has 0 bridgehead atoms. The molecular weight excluding hydrogens is 280 g/mol. The zero-order valence-corrected chi connectivity index (χ0v) is 12.9. The van der Waals surface area contributed by atoms with Gasteiger partial charge in [-0.25, -0.2) is 9.48 Å². The first-order chi connectivity index (χ1) is 10.6. The third-order valence-corrected chi connectivity index (χ3v) is 3.12. The lowest BCUT2D eigenvalue weighted by Crippen LogP contribution is -2.09.